The Morgan fingerprint density at radius 2 is 1.83 bits per heavy atom. The van der Waals surface area contributed by atoms with E-state index in [0.717, 1.165) is 23.8 Å². The molecule has 0 bridgehead atoms. The van der Waals surface area contributed by atoms with Crippen LogP contribution in [0.5, 0.6) is 0 Å². The molecule has 0 aliphatic heterocycles. The first-order chi connectivity index (χ1) is 8.68. The lowest BCUT2D eigenvalue weighted by Gasteiger charge is -2.14. The predicted molar refractivity (Wildman–Crippen MR) is 67.0 cm³/mol. The van der Waals surface area contributed by atoms with E-state index in [4.69, 9.17) is 0 Å². The third kappa shape index (κ3) is 1.76. The Labute approximate surface area is 104 Å². The topological polar surface area (TPSA) is 37.3 Å². The monoisotopic (exact) mass is 244 g/mol. The van der Waals surface area contributed by atoms with Crippen molar-refractivity contribution in [1.82, 2.24) is 0 Å². The van der Waals surface area contributed by atoms with Crippen molar-refractivity contribution in [3.8, 4) is 0 Å². The van der Waals surface area contributed by atoms with Crippen LogP contribution >= 0.6 is 0 Å². The highest BCUT2D eigenvalue weighted by Crippen LogP contribution is 2.44. The second-order valence-electron chi connectivity index (χ2n) is 4.84. The van der Waals surface area contributed by atoms with Gasteiger partial charge in [-0.25, -0.2) is 4.39 Å². The van der Waals surface area contributed by atoms with E-state index in [1.54, 1.807) is 24.3 Å². The first kappa shape index (κ1) is 11.2. The molecule has 0 saturated heterocycles. The van der Waals surface area contributed by atoms with Crippen LogP contribution < -0.4 is 0 Å². The molecule has 1 atom stereocenters. The Balaban J connectivity index is 2.22. The summed E-state index contributed by atoms with van der Waals surface area (Å²) >= 11 is 0. The van der Waals surface area contributed by atoms with Gasteiger partial charge in [0, 0.05) is 5.39 Å². The molecule has 2 aromatic rings. The van der Waals surface area contributed by atoms with Crippen molar-refractivity contribution in [2.75, 3.05) is 0 Å². The Bertz CT molecular complexity index is 617. The quantitative estimate of drug-likeness (QED) is 0.896. The number of carboxylic acid groups (broad SMARTS) is 1. The number of rotatable bonds is 3. The van der Waals surface area contributed by atoms with Gasteiger partial charge < -0.3 is 5.11 Å². The van der Waals surface area contributed by atoms with Crippen molar-refractivity contribution in [3.63, 3.8) is 0 Å². The second kappa shape index (κ2) is 4.09. The van der Waals surface area contributed by atoms with Crippen LogP contribution in [0.3, 0.4) is 0 Å². The molecular weight excluding hydrogens is 231 g/mol. The molecule has 1 aliphatic carbocycles. The summed E-state index contributed by atoms with van der Waals surface area (Å²) in [6.45, 7) is 0. The minimum absolute atomic E-state index is 0.205. The van der Waals surface area contributed by atoms with Gasteiger partial charge in [-0.15, -0.1) is 0 Å². The molecule has 92 valence electrons. The van der Waals surface area contributed by atoms with Gasteiger partial charge >= 0.3 is 5.97 Å². The lowest BCUT2D eigenvalue weighted by Crippen LogP contribution is -2.14. The molecule has 1 unspecified atom stereocenters. The summed E-state index contributed by atoms with van der Waals surface area (Å²) in [5.74, 6) is -1.41. The van der Waals surface area contributed by atoms with Crippen LogP contribution in [0.1, 0.15) is 24.3 Å². The number of halogens is 1. The average Bonchev–Trinajstić information content (AvgIpc) is 3.17. The van der Waals surface area contributed by atoms with Crippen LogP contribution in [0.25, 0.3) is 10.8 Å². The molecule has 1 fully saturated rings. The van der Waals surface area contributed by atoms with Crippen LogP contribution in [-0.4, -0.2) is 11.1 Å². The molecule has 2 nitrogen and oxygen atoms in total. The SMILES string of the molecule is O=C(O)C(c1ccc(F)c2ccccc12)C1CC1. The summed E-state index contributed by atoms with van der Waals surface area (Å²) in [7, 11) is 0. The number of aliphatic carboxylic acids is 1. The first-order valence-corrected chi connectivity index (χ1v) is 6.08. The Kier molecular flexibility index (Phi) is 2.54. The first-order valence-electron chi connectivity index (χ1n) is 6.08. The van der Waals surface area contributed by atoms with Gasteiger partial charge in [0.2, 0.25) is 0 Å². The van der Waals surface area contributed by atoms with E-state index in [1.165, 1.54) is 6.07 Å². The van der Waals surface area contributed by atoms with Gasteiger partial charge in [-0.3, -0.25) is 4.79 Å². The zero-order valence-electron chi connectivity index (χ0n) is 9.77. The van der Waals surface area contributed by atoms with E-state index < -0.39 is 11.9 Å². The third-order valence-corrected chi connectivity index (χ3v) is 3.60. The number of hydrogen-bond donors (Lipinski definition) is 1. The molecule has 3 heteroatoms. The molecule has 0 radical (unpaired) electrons. The molecule has 0 spiro atoms. The van der Waals surface area contributed by atoms with Crippen molar-refractivity contribution < 1.29 is 14.3 Å². The van der Waals surface area contributed by atoms with Gasteiger partial charge in [-0.05, 0) is 35.8 Å². The summed E-state index contributed by atoms with van der Waals surface area (Å²) in [4.78, 5) is 11.4. The van der Waals surface area contributed by atoms with E-state index in [2.05, 4.69) is 0 Å². The molecule has 1 saturated carbocycles. The van der Waals surface area contributed by atoms with E-state index in [0.29, 0.717) is 5.39 Å². The maximum absolute atomic E-state index is 13.7. The Hall–Kier alpha value is -1.90. The number of benzene rings is 2. The maximum atomic E-state index is 13.7. The van der Waals surface area contributed by atoms with Crippen molar-refractivity contribution in [2.24, 2.45) is 5.92 Å². The highest BCUT2D eigenvalue weighted by atomic mass is 19.1. The van der Waals surface area contributed by atoms with Crippen LogP contribution in [0, 0.1) is 11.7 Å². The van der Waals surface area contributed by atoms with Crippen molar-refractivity contribution in [1.29, 1.82) is 0 Å². The molecule has 18 heavy (non-hydrogen) atoms. The Morgan fingerprint density at radius 3 is 2.44 bits per heavy atom. The normalized spacial score (nSPS) is 16.7. The summed E-state index contributed by atoms with van der Waals surface area (Å²) < 4.78 is 13.7. The summed E-state index contributed by atoms with van der Waals surface area (Å²) in [6.07, 6.45) is 1.89. The van der Waals surface area contributed by atoms with E-state index in [1.807, 2.05) is 6.07 Å². The average molecular weight is 244 g/mol. The summed E-state index contributed by atoms with van der Waals surface area (Å²) in [5.41, 5.74) is 0.738. The molecule has 1 aliphatic rings. The van der Waals surface area contributed by atoms with Gasteiger partial charge in [-0.2, -0.15) is 0 Å². The highest BCUT2D eigenvalue weighted by Gasteiger charge is 2.38. The van der Waals surface area contributed by atoms with Crippen molar-refractivity contribution >= 4 is 16.7 Å². The van der Waals surface area contributed by atoms with Gasteiger partial charge in [0.25, 0.3) is 0 Å². The zero-order chi connectivity index (χ0) is 12.7. The molecule has 3 rings (SSSR count). The van der Waals surface area contributed by atoms with Crippen molar-refractivity contribution in [2.45, 2.75) is 18.8 Å². The van der Waals surface area contributed by atoms with Crippen LogP contribution in [-0.2, 0) is 4.79 Å². The smallest absolute Gasteiger partial charge is 0.311 e. The molecule has 0 heterocycles. The zero-order valence-corrected chi connectivity index (χ0v) is 9.77. The highest BCUT2D eigenvalue weighted by molar-refractivity contribution is 5.91. The van der Waals surface area contributed by atoms with Crippen molar-refractivity contribution in [3.05, 3.63) is 47.8 Å². The van der Waals surface area contributed by atoms with E-state index >= 15 is 0 Å². The molecule has 1 N–H and O–H groups in total. The third-order valence-electron chi connectivity index (χ3n) is 3.60. The van der Waals surface area contributed by atoms with Crippen LogP contribution in [0.15, 0.2) is 36.4 Å². The fourth-order valence-electron chi connectivity index (χ4n) is 2.57. The van der Waals surface area contributed by atoms with Gasteiger partial charge in [-0.1, -0.05) is 30.3 Å². The number of carboxylic acids is 1. The largest absolute Gasteiger partial charge is 0.481 e. The molecule has 0 amide bonds. The van der Waals surface area contributed by atoms with Gasteiger partial charge in [0.15, 0.2) is 0 Å². The minimum Gasteiger partial charge on any atom is -0.481 e. The van der Waals surface area contributed by atoms with Crippen LogP contribution in [0.2, 0.25) is 0 Å². The van der Waals surface area contributed by atoms with E-state index in [-0.39, 0.29) is 11.7 Å². The molecule has 0 aromatic heterocycles. The minimum atomic E-state index is -0.811. The summed E-state index contributed by atoms with van der Waals surface area (Å²) in [6, 6.07) is 10.1. The molecule has 2 aromatic carbocycles. The number of hydrogen-bond acceptors (Lipinski definition) is 1. The molecular formula is C15H13FO2. The number of fused-ring (bicyclic) bond motifs is 1. The van der Waals surface area contributed by atoms with E-state index in [9.17, 15) is 14.3 Å². The van der Waals surface area contributed by atoms with Gasteiger partial charge in [0.05, 0.1) is 5.92 Å². The summed E-state index contributed by atoms with van der Waals surface area (Å²) in [5, 5.41) is 10.6. The predicted octanol–water partition coefficient (Wildman–Crippen LogP) is 3.56. The van der Waals surface area contributed by atoms with Crippen LogP contribution in [0.4, 0.5) is 4.39 Å². The maximum Gasteiger partial charge on any atom is 0.311 e. The van der Waals surface area contributed by atoms with Gasteiger partial charge in [0.1, 0.15) is 5.82 Å². The fourth-order valence-corrected chi connectivity index (χ4v) is 2.57. The lowest BCUT2D eigenvalue weighted by molar-refractivity contribution is -0.139. The lowest BCUT2D eigenvalue weighted by atomic mass is 9.90. The number of carbonyl (C=O) groups is 1. The fraction of sp³-hybridized carbons (Fsp3) is 0.267. The Morgan fingerprint density at radius 1 is 1.17 bits per heavy atom. The standard InChI is InChI=1S/C15H13FO2/c16-13-8-7-12(10-3-1-2-4-11(10)13)14(15(17)18)9-5-6-9/h1-4,7-9,14H,5-6H2,(H,17,18). The second-order valence-corrected chi connectivity index (χ2v) is 4.84.